The molecule has 0 aliphatic heterocycles. The first kappa shape index (κ1) is 8.96. The van der Waals surface area contributed by atoms with Crippen molar-refractivity contribution in [2.75, 3.05) is 0 Å². The average molecular weight is 152 g/mol. The van der Waals surface area contributed by atoms with Crippen molar-refractivity contribution >= 4 is 0 Å². The van der Waals surface area contributed by atoms with Crippen molar-refractivity contribution in [2.45, 2.75) is 0 Å². The summed E-state index contributed by atoms with van der Waals surface area (Å²) in [7, 11) is 0. The Labute approximate surface area is 36.6 Å². The normalized spacial score (nSPS) is 3.00. The maximum absolute atomic E-state index is 8.00. The van der Waals surface area contributed by atoms with Gasteiger partial charge in [-0.2, -0.15) is 0 Å². The summed E-state index contributed by atoms with van der Waals surface area (Å²) < 4.78 is 0. The van der Waals surface area contributed by atoms with Crippen LogP contribution >= 0.6 is 0 Å². The van der Waals surface area contributed by atoms with Crippen LogP contribution in [0.25, 0.3) is 0 Å². The van der Waals surface area contributed by atoms with Crippen LogP contribution in [0.2, 0.25) is 0 Å². The average Bonchev–Trinajstić information content (AvgIpc) is 0.918. The van der Waals surface area contributed by atoms with Gasteiger partial charge in [0.25, 0.3) is 0 Å². The largest absolute Gasteiger partial charge is 0.444 e. The Kier molecular flexibility index (Phi) is 25.8. The zero-order valence-electron chi connectivity index (χ0n) is 1.58. The van der Waals surface area contributed by atoms with E-state index in [1.165, 1.54) is 0 Å². The van der Waals surface area contributed by atoms with Crippen molar-refractivity contribution in [3.63, 3.8) is 0 Å². The van der Waals surface area contributed by atoms with Gasteiger partial charge >= 0.3 is 0 Å². The second-order valence-corrected chi connectivity index (χ2v) is 0.0745. The summed E-state index contributed by atoms with van der Waals surface area (Å²) in [5, 5.41) is 9.00. The van der Waals surface area contributed by atoms with Gasteiger partial charge in [-0.15, -0.1) is 5.34 Å². The molecule has 0 N–H and O–H groups in total. The van der Waals surface area contributed by atoms with E-state index in [0.717, 1.165) is 5.34 Å². The fourth-order valence-electron chi connectivity index (χ4n) is 0. The van der Waals surface area contributed by atoms with E-state index >= 15 is 0 Å². The van der Waals surface area contributed by atoms with Crippen LogP contribution in [0.1, 0.15) is 0 Å². The van der Waals surface area contributed by atoms with E-state index in [-0.39, 0.29) is 20.4 Å². The molecule has 0 unspecified atom stereocenters. The SMILES string of the molecule is O=N[O-].[Pd]. The standard InChI is InChI=1S/HNO2.Pd/c2-1-3;/h(H,2,3);/p-1. The fourth-order valence-corrected chi connectivity index (χ4v) is 0. The third-order valence-electron chi connectivity index (χ3n) is 0. The van der Waals surface area contributed by atoms with Crippen molar-refractivity contribution in [1.29, 1.82) is 0 Å². The minimum Gasteiger partial charge on any atom is -0.444 e. The van der Waals surface area contributed by atoms with E-state index in [9.17, 15) is 0 Å². The van der Waals surface area contributed by atoms with Crippen LogP contribution < -0.4 is 0 Å². The van der Waals surface area contributed by atoms with Gasteiger partial charge < -0.3 is 10.1 Å². The Balaban J connectivity index is 0. The van der Waals surface area contributed by atoms with Crippen molar-refractivity contribution < 1.29 is 20.4 Å². The molecule has 0 aliphatic carbocycles. The molecule has 0 rings (SSSR count). The van der Waals surface area contributed by atoms with Gasteiger partial charge in [0.1, 0.15) is 0 Å². The Hall–Kier alpha value is 0.0623. The van der Waals surface area contributed by atoms with Gasteiger partial charge in [-0.05, 0) is 0 Å². The summed E-state index contributed by atoms with van der Waals surface area (Å²) in [5.41, 5.74) is 0. The molecule has 0 saturated heterocycles. The summed E-state index contributed by atoms with van der Waals surface area (Å²) in [6.45, 7) is 0. The molecule has 4 heavy (non-hydrogen) atoms. The molecule has 0 atom stereocenters. The van der Waals surface area contributed by atoms with E-state index in [4.69, 9.17) is 10.1 Å². The molecule has 0 aliphatic rings. The monoisotopic (exact) mass is 152 g/mol. The van der Waals surface area contributed by atoms with Crippen LogP contribution in [0.3, 0.4) is 0 Å². The van der Waals surface area contributed by atoms with Gasteiger partial charge in [0.05, 0.1) is 0 Å². The van der Waals surface area contributed by atoms with Crippen LogP contribution in [0.4, 0.5) is 0 Å². The third kappa shape index (κ3) is 599. The molecular weight excluding hydrogens is 152 g/mol. The Morgan fingerprint density at radius 3 is 1.75 bits per heavy atom. The van der Waals surface area contributed by atoms with Gasteiger partial charge in [0.15, 0.2) is 0 Å². The minimum absolute atomic E-state index is 0. The Bertz CT molecular complexity index is 13.5. The molecule has 0 aromatic carbocycles. The third-order valence-corrected chi connectivity index (χ3v) is 0. The van der Waals surface area contributed by atoms with E-state index < -0.39 is 0 Å². The molecular formula is NO2Pd-. The van der Waals surface area contributed by atoms with Crippen LogP contribution in [0, 0.1) is 10.1 Å². The number of rotatable bonds is 0. The molecule has 0 aromatic heterocycles. The minimum atomic E-state index is 0. The zero-order chi connectivity index (χ0) is 2.71. The van der Waals surface area contributed by atoms with E-state index in [2.05, 4.69) is 0 Å². The predicted molar refractivity (Wildman–Crippen MR) is 9.16 cm³/mol. The molecule has 0 bridgehead atoms. The van der Waals surface area contributed by atoms with Gasteiger partial charge in [0.2, 0.25) is 0 Å². The van der Waals surface area contributed by atoms with Crippen LogP contribution in [-0.2, 0) is 20.4 Å². The molecule has 0 amide bonds. The molecule has 0 heterocycles. The molecule has 3 nitrogen and oxygen atoms in total. The van der Waals surface area contributed by atoms with E-state index in [1.807, 2.05) is 0 Å². The zero-order valence-corrected chi connectivity index (χ0v) is 3.13. The summed E-state index contributed by atoms with van der Waals surface area (Å²) in [6.07, 6.45) is 0. The molecule has 0 fully saturated rings. The molecule has 0 radical (unpaired) electrons. The number of hydrogen-bond donors (Lipinski definition) is 0. The summed E-state index contributed by atoms with van der Waals surface area (Å²) in [4.78, 5) is 8.00. The second kappa shape index (κ2) is 11.5. The van der Waals surface area contributed by atoms with Crippen LogP contribution in [-0.4, -0.2) is 0 Å². The molecule has 4 heteroatoms. The van der Waals surface area contributed by atoms with Gasteiger partial charge in [0, 0.05) is 20.4 Å². The Morgan fingerprint density at radius 1 is 1.75 bits per heavy atom. The van der Waals surface area contributed by atoms with Gasteiger partial charge in [-0.1, -0.05) is 0 Å². The van der Waals surface area contributed by atoms with Gasteiger partial charge in [-0.3, -0.25) is 0 Å². The fraction of sp³-hybridized carbons (Fsp3) is 0. The summed E-state index contributed by atoms with van der Waals surface area (Å²) in [6, 6.07) is 0. The van der Waals surface area contributed by atoms with E-state index in [0.29, 0.717) is 0 Å². The number of hydrogen-bond acceptors (Lipinski definition) is 3. The predicted octanol–water partition coefficient (Wildman–Crippen LogP) is 0.248. The first-order valence-corrected chi connectivity index (χ1v) is 0.365. The quantitative estimate of drug-likeness (QED) is 0.284. The van der Waals surface area contributed by atoms with Crippen LogP contribution in [0.15, 0.2) is 5.34 Å². The number of nitrogens with zero attached hydrogens (tertiary/aromatic N) is 1. The first-order chi connectivity index (χ1) is 1.41. The molecule has 0 aromatic rings. The van der Waals surface area contributed by atoms with Crippen LogP contribution in [0.5, 0.6) is 0 Å². The van der Waals surface area contributed by atoms with E-state index in [1.54, 1.807) is 0 Å². The molecule has 0 spiro atoms. The van der Waals surface area contributed by atoms with Crippen molar-refractivity contribution in [1.82, 2.24) is 0 Å². The van der Waals surface area contributed by atoms with Crippen molar-refractivity contribution in [2.24, 2.45) is 5.34 Å². The molecule has 0 saturated carbocycles. The Morgan fingerprint density at radius 2 is 1.75 bits per heavy atom. The first-order valence-electron chi connectivity index (χ1n) is 0.365. The van der Waals surface area contributed by atoms with Gasteiger partial charge in [-0.25, -0.2) is 0 Å². The van der Waals surface area contributed by atoms with Crippen molar-refractivity contribution in [3.05, 3.63) is 10.1 Å². The maximum Gasteiger partial charge on any atom is 0 e. The smallest absolute Gasteiger partial charge is 0 e. The summed E-state index contributed by atoms with van der Waals surface area (Å²) >= 11 is 0. The second-order valence-electron chi connectivity index (χ2n) is 0.0745. The topological polar surface area (TPSA) is 52.5 Å². The molecule has 28 valence electrons. The maximum atomic E-state index is 8.00. The summed E-state index contributed by atoms with van der Waals surface area (Å²) in [5.74, 6) is 0. The van der Waals surface area contributed by atoms with Crippen molar-refractivity contribution in [3.8, 4) is 0 Å².